The van der Waals surface area contributed by atoms with Gasteiger partial charge in [0.05, 0.1) is 0 Å². The number of hydrogen-bond donors (Lipinski definition) is 2. The van der Waals surface area contributed by atoms with Crippen LogP contribution in [0, 0.1) is 6.92 Å². The van der Waals surface area contributed by atoms with E-state index >= 15 is 0 Å². The molecule has 0 spiro atoms. The maximum atomic E-state index is 11.6. The van der Waals surface area contributed by atoms with E-state index in [0.717, 1.165) is 17.2 Å². The average molecular weight is 277 g/mol. The lowest BCUT2D eigenvalue weighted by molar-refractivity contribution is -0.131. The molecule has 0 aliphatic heterocycles. The first-order valence-electron chi connectivity index (χ1n) is 6.33. The van der Waals surface area contributed by atoms with Gasteiger partial charge in [0, 0.05) is 31.9 Å². The lowest BCUT2D eigenvalue weighted by atomic mass is 10.1. The molecule has 1 amide bonds. The molecule has 0 aliphatic carbocycles. The van der Waals surface area contributed by atoms with E-state index in [1.54, 1.807) is 19.2 Å². The first-order chi connectivity index (χ1) is 9.52. The van der Waals surface area contributed by atoms with E-state index in [-0.39, 0.29) is 5.91 Å². The van der Waals surface area contributed by atoms with Gasteiger partial charge in [0.1, 0.15) is 0 Å². The van der Waals surface area contributed by atoms with Gasteiger partial charge in [0.25, 0.3) is 0 Å². The number of aliphatic carboxylic acids is 1. The number of carboxylic acid groups (broad SMARTS) is 1. The molecular weight excluding hydrogens is 258 g/mol. The Morgan fingerprint density at radius 3 is 2.75 bits per heavy atom. The van der Waals surface area contributed by atoms with Crippen molar-refractivity contribution in [3.8, 4) is 0 Å². The van der Waals surface area contributed by atoms with Crippen LogP contribution < -0.4 is 5.32 Å². The molecule has 0 unspecified atom stereocenters. The van der Waals surface area contributed by atoms with Crippen LogP contribution in [0.3, 0.4) is 0 Å². The monoisotopic (exact) mass is 277 g/mol. The summed E-state index contributed by atoms with van der Waals surface area (Å²) in [6.07, 6.45) is 3.71. The first-order valence-corrected chi connectivity index (χ1v) is 6.33. The number of amides is 1. The molecule has 5 heteroatoms. The first kappa shape index (κ1) is 15.9. The van der Waals surface area contributed by atoms with Gasteiger partial charge in [-0.15, -0.1) is 0 Å². The van der Waals surface area contributed by atoms with Crippen LogP contribution in [-0.4, -0.2) is 30.7 Å². The number of carbonyl (C=O) groups excluding carboxylic acids is 1. The minimum Gasteiger partial charge on any atom is -0.478 e. The predicted molar refractivity (Wildman–Crippen MR) is 77.6 cm³/mol. The highest BCUT2D eigenvalue weighted by Gasteiger charge is 2.03. The summed E-state index contributed by atoms with van der Waals surface area (Å²) in [5, 5.41) is 11.4. The Bertz CT molecular complexity index is 509. The fourth-order valence-corrected chi connectivity index (χ4v) is 1.70. The van der Waals surface area contributed by atoms with E-state index in [1.165, 1.54) is 6.08 Å². The van der Waals surface area contributed by atoms with Gasteiger partial charge in [-0.25, -0.2) is 4.79 Å². The van der Waals surface area contributed by atoms with Gasteiger partial charge >= 0.3 is 5.97 Å². The third kappa shape index (κ3) is 5.67. The van der Waals surface area contributed by atoms with Crippen molar-refractivity contribution >= 4 is 23.6 Å². The van der Waals surface area contributed by atoms with Crippen molar-refractivity contribution in [3.63, 3.8) is 0 Å². The zero-order chi connectivity index (χ0) is 15.0. The second kappa shape index (κ2) is 8.12. The van der Waals surface area contributed by atoms with Crippen LogP contribution in [0.1, 0.15) is 24.0 Å². The van der Waals surface area contributed by atoms with Crippen LogP contribution in [0.15, 0.2) is 24.3 Å². The fraction of sp³-hybridized carbons (Fsp3) is 0.333. The second-order valence-corrected chi connectivity index (χ2v) is 4.39. The summed E-state index contributed by atoms with van der Waals surface area (Å²) in [4.78, 5) is 22.1. The van der Waals surface area contributed by atoms with Gasteiger partial charge in [0.2, 0.25) is 5.91 Å². The van der Waals surface area contributed by atoms with Crippen LogP contribution >= 0.6 is 0 Å². The van der Waals surface area contributed by atoms with Crippen molar-refractivity contribution in [1.82, 2.24) is 0 Å². The van der Waals surface area contributed by atoms with Crippen LogP contribution in [0.25, 0.3) is 6.08 Å². The molecule has 108 valence electrons. The summed E-state index contributed by atoms with van der Waals surface area (Å²) in [5.41, 5.74) is 2.42. The third-order valence-electron chi connectivity index (χ3n) is 2.71. The molecule has 0 heterocycles. The number of rotatable bonds is 7. The van der Waals surface area contributed by atoms with Crippen molar-refractivity contribution in [1.29, 1.82) is 0 Å². The average Bonchev–Trinajstić information content (AvgIpc) is 2.38. The summed E-state index contributed by atoms with van der Waals surface area (Å²) in [7, 11) is 1.60. The molecule has 0 aliphatic rings. The van der Waals surface area contributed by atoms with Gasteiger partial charge in [-0.2, -0.15) is 0 Å². The molecule has 0 radical (unpaired) electrons. The summed E-state index contributed by atoms with van der Waals surface area (Å²) in [6.45, 7) is 2.42. The Kier molecular flexibility index (Phi) is 6.46. The lowest BCUT2D eigenvalue weighted by Gasteiger charge is -2.07. The van der Waals surface area contributed by atoms with E-state index in [1.807, 2.05) is 13.0 Å². The number of carboxylic acids is 1. The SMILES string of the molecule is COCCCC(=O)Nc1ccc(/C=C/C(=O)O)c(C)c1. The minimum atomic E-state index is -0.986. The van der Waals surface area contributed by atoms with Crippen molar-refractivity contribution in [2.75, 3.05) is 19.0 Å². The van der Waals surface area contributed by atoms with E-state index < -0.39 is 5.97 Å². The molecule has 1 rings (SSSR count). The maximum absolute atomic E-state index is 11.6. The largest absolute Gasteiger partial charge is 0.478 e. The Morgan fingerprint density at radius 1 is 1.40 bits per heavy atom. The zero-order valence-corrected chi connectivity index (χ0v) is 11.7. The van der Waals surface area contributed by atoms with Crippen molar-refractivity contribution < 1.29 is 19.4 Å². The molecule has 2 N–H and O–H groups in total. The number of nitrogens with one attached hydrogen (secondary N) is 1. The number of benzene rings is 1. The minimum absolute atomic E-state index is 0.0599. The Hall–Kier alpha value is -2.14. The zero-order valence-electron chi connectivity index (χ0n) is 11.7. The Morgan fingerprint density at radius 2 is 2.15 bits per heavy atom. The van der Waals surface area contributed by atoms with Crippen molar-refractivity contribution in [2.24, 2.45) is 0 Å². The topological polar surface area (TPSA) is 75.6 Å². The number of carbonyl (C=O) groups is 2. The van der Waals surface area contributed by atoms with Crippen LogP contribution in [-0.2, 0) is 14.3 Å². The van der Waals surface area contributed by atoms with Gasteiger partial charge in [-0.1, -0.05) is 6.07 Å². The number of methoxy groups -OCH3 is 1. The lowest BCUT2D eigenvalue weighted by Crippen LogP contribution is -2.12. The highest BCUT2D eigenvalue weighted by Crippen LogP contribution is 2.16. The smallest absolute Gasteiger partial charge is 0.328 e. The van der Waals surface area contributed by atoms with E-state index in [4.69, 9.17) is 9.84 Å². The van der Waals surface area contributed by atoms with Gasteiger partial charge in [0.15, 0.2) is 0 Å². The van der Waals surface area contributed by atoms with Gasteiger partial charge in [-0.05, 0) is 42.7 Å². The van der Waals surface area contributed by atoms with Gasteiger partial charge < -0.3 is 15.2 Å². The van der Waals surface area contributed by atoms with E-state index in [9.17, 15) is 9.59 Å². The van der Waals surface area contributed by atoms with Crippen LogP contribution in [0.4, 0.5) is 5.69 Å². The normalized spacial score (nSPS) is 10.7. The molecule has 0 aromatic heterocycles. The molecule has 5 nitrogen and oxygen atoms in total. The van der Waals surface area contributed by atoms with Crippen molar-refractivity contribution in [3.05, 3.63) is 35.4 Å². The van der Waals surface area contributed by atoms with Crippen molar-refractivity contribution in [2.45, 2.75) is 19.8 Å². The van der Waals surface area contributed by atoms with E-state index in [2.05, 4.69) is 5.32 Å². The summed E-state index contributed by atoms with van der Waals surface area (Å²) in [5.74, 6) is -1.05. The molecule has 0 fully saturated rings. The highest BCUT2D eigenvalue weighted by atomic mass is 16.5. The second-order valence-electron chi connectivity index (χ2n) is 4.39. The predicted octanol–water partition coefficient (Wildman–Crippen LogP) is 2.46. The van der Waals surface area contributed by atoms with Crippen LogP contribution in [0.2, 0.25) is 0 Å². The van der Waals surface area contributed by atoms with E-state index in [0.29, 0.717) is 25.1 Å². The Labute approximate surface area is 118 Å². The molecule has 0 bridgehead atoms. The molecule has 0 saturated heterocycles. The fourth-order valence-electron chi connectivity index (χ4n) is 1.70. The maximum Gasteiger partial charge on any atom is 0.328 e. The third-order valence-corrected chi connectivity index (χ3v) is 2.71. The summed E-state index contributed by atoms with van der Waals surface area (Å²) < 4.78 is 4.89. The number of anilines is 1. The number of ether oxygens (including phenoxy) is 1. The molecule has 20 heavy (non-hydrogen) atoms. The standard InChI is InChI=1S/C15H19NO4/c1-11-10-13(16-14(17)4-3-9-20-2)7-5-12(11)6-8-15(18)19/h5-8,10H,3-4,9H2,1-2H3,(H,16,17)(H,18,19)/b8-6+. The highest BCUT2D eigenvalue weighted by molar-refractivity contribution is 5.91. The quantitative estimate of drug-likeness (QED) is 0.593. The molecule has 1 aromatic rings. The molecule has 0 atom stereocenters. The molecule has 1 aromatic carbocycles. The summed E-state index contributed by atoms with van der Waals surface area (Å²) in [6, 6.07) is 5.35. The Balaban J connectivity index is 2.63. The molecular formula is C15H19NO4. The molecule has 0 saturated carbocycles. The number of hydrogen-bond acceptors (Lipinski definition) is 3. The van der Waals surface area contributed by atoms with Gasteiger partial charge in [-0.3, -0.25) is 4.79 Å². The summed E-state index contributed by atoms with van der Waals surface area (Å²) >= 11 is 0. The van der Waals surface area contributed by atoms with Crippen LogP contribution in [0.5, 0.6) is 0 Å². The number of aryl methyl sites for hydroxylation is 1.